The summed E-state index contributed by atoms with van der Waals surface area (Å²) in [6.07, 6.45) is 0.503. The number of hydrogen-bond donors (Lipinski definition) is 1. The maximum Gasteiger partial charge on any atom is 0.311 e. The molecular formula is C14H18BrClO3. The first-order chi connectivity index (χ1) is 9.01. The van der Waals surface area contributed by atoms with E-state index in [4.69, 9.17) is 16.3 Å². The van der Waals surface area contributed by atoms with E-state index in [1.807, 2.05) is 6.92 Å². The van der Waals surface area contributed by atoms with Crippen LogP contribution in [0, 0.1) is 5.92 Å². The highest BCUT2D eigenvalue weighted by Crippen LogP contribution is 2.31. The molecular weight excluding hydrogens is 332 g/mol. The number of carbonyl (C=O) groups is 1. The molecule has 0 fully saturated rings. The largest absolute Gasteiger partial charge is 0.466 e. The van der Waals surface area contributed by atoms with Gasteiger partial charge in [0, 0.05) is 4.47 Å². The van der Waals surface area contributed by atoms with E-state index in [0.29, 0.717) is 28.1 Å². The predicted molar refractivity (Wildman–Crippen MR) is 79.1 cm³/mol. The third kappa shape index (κ3) is 4.48. The first kappa shape index (κ1) is 16.5. The summed E-state index contributed by atoms with van der Waals surface area (Å²) in [5.74, 6) is -0.902. The summed E-state index contributed by atoms with van der Waals surface area (Å²) in [7, 11) is 0. The van der Waals surface area contributed by atoms with Gasteiger partial charge in [0.05, 0.1) is 23.7 Å². The van der Waals surface area contributed by atoms with Crippen LogP contribution >= 0.6 is 27.5 Å². The highest BCUT2D eigenvalue weighted by molar-refractivity contribution is 9.10. The highest BCUT2D eigenvalue weighted by Gasteiger charge is 2.28. The van der Waals surface area contributed by atoms with Crippen molar-refractivity contribution in [3.8, 4) is 0 Å². The number of benzene rings is 1. The van der Waals surface area contributed by atoms with Gasteiger partial charge in [-0.15, -0.1) is 0 Å². The van der Waals surface area contributed by atoms with Gasteiger partial charge in [0.2, 0.25) is 0 Å². The monoisotopic (exact) mass is 348 g/mol. The van der Waals surface area contributed by atoms with Gasteiger partial charge in [-0.1, -0.05) is 31.0 Å². The normalized spacial score (nSPS) is 13.9. The lowest BCUT2D eigenvalue weighted by molar-refractivity contribution is -0.152. The minimum atomic E-state index is -0.882. The molecule has 1 rings (SSSR count). The Kier molecular flexibility index (Phi) is 6.83. The molecule has 0 amide bonds. The molecule has 2 unspecified atom stereocenters. The summed E-state index contributed by atoms with van der Waals surface area (Å²) in [5, 5.41) is 10.9. The zero-order chi connectivity index (χ0) is 14.4. The average molecular weight is 350 g/mol. The number of halogens is 2. The Bertz CT molecular complexity index is 437. The van der Waals surface area contributed by atoms with Crippen LogP contribution in [0.5, 0.6) is 0 Å². The maximum absolute atomic E-state index is 11.9. The van der Waals surface area contributed by atoms with Gasteiger partial charge < -0.3 is 9.84 Å². The van der Waals surface area contributed by atoms with E-state index in [9.17, 15) is 9.90 Å². The molecule has 19 heavy (non-hydrogen) atoms. The number of esters is 1. The average Bonchev–Trinajstić information content (AvgIpc) is 2.38. The van der Waals surface area contributed by atoms with Crippen LogP contribution < -0.4 is 0 Å². The van der Waals surface area contributed by atoms with Crippen LogP contribution in [-0.4, -0.2) is 17.7 Å². The lowest BCUT2D eigenvalue weighted by Crippen LogP contribution is -2.24. The number of hydrogen-bond acceptors (Lipinski definition) is 3. The van der Waals surface area contributed by atoms with Crippen molar-refractivity contribution in [3.63, 3.8) is 0 Å². The van der Waals surface area contributed by atoms with Crippen LogP contribution in [0.3, 0.4) is 0 Å². The maximum atomic E-state index is 11.9. The summed E-state index contributed by atoms with van der Waals surface area (Å²) in [4.78, 5) is 11.9. The van der Waals surface area contributed by atoms with Gasteiger partial charge in [0.25, 0.3) is 0 Å². The van der Waals surface area contributed by atoms with Crippen molar-refractivity contribution in [2.75, 3.05) is 6.61 Å². The van der Waals surface area contributed by atoms with Crippen LogP contribution in [0.25, 0.3) is 0 Å². The van der Waals surface area contributed by atoms with E-state index in [1.54, 1.807) is 25.1 Å². The third-order valence-corrected chi connectivity index (χ3v) is 4.07. The minimum Gasteiger partial charge on any atom is -0.466 e. The first-order valence-corrected chi connectivity index (χ1v) is 7.48. The summed E-state index contributed by atoms with van der Waals surface area (Å²) >= 11 is 9.23. The molecule has 0 radical (unpaired) electrons. The lowest BCUT2D eigenvalue weighted by atomic mass is 9.92. The van der Waals surface area contributed by atoms with E-state index in [0.717, 1.165) is 6.42 Å². The van der Waals surface area contributed by atoms with Crippen molar-refractivity contribution < 1.29 is 14.6 Å². The number of aliphatic hydroxyl groups is 1. The van der Waals surface area contributed by atoms with E-state index < -0.39 is 12.0 Å². The Labute approximate surface area is 127 Å². The Morgan fingerprint density at radius 2 is 2.16 bits per heavy atom. The van der Waals surface area contributed by atoms with Crippen molar-refractivity contribution in [1.82, 2.24) is 0 Å². The van der Waals surface area contributed by atoms with Gasteiger partial charge in [-0.2, -0.15) is 0 Å². The molecule has 0 aliphatic rings. The van der Waals surface area contributed by atoms with Crippen LogP contribution in [0.4, 0.5) is 0 Å². The van der Waals surface area contributed by atoms with E-state index >= 15 is 0 Å². The molecule has 0 spiro atoms. The van der Waals surface area contributed by atoms with E-state index in [2.05, 4.69) is 15.9 Å². The number of carbonyl (C=O) groups excluding carboxylic acids is 1. The van der Waals surface area contributed by atoms with Crippen LogP contribution in [0.1, 0.15) is 38.4 Å². The molecule has 3 nitrogen and oxygen atoms in total. The van der Waals surface area contributed by atoms with Crippen molar-refractivity contribution in [2.45, 2.75) is 32.8 Å². The zero-order valence-corrected chi connectivity index (χ0v) is 13.4. The zero-order valence-electron chi connectivity index (χ0n) is 11.0. The van der Waals surface area contributed by atoms with Crippen molar-refractivity contribution in [3.05, 3.63) is 33.3 Å². The molecule has 0 saturated heterocycles. The molecule has 0 aliphatic carbocycles. The van der Waals surface area contributed by atoms with Crippen molar-refractivity contribution in [2.24, 2.45) is 5.92 Å². The number of ether oxygens (including phenoxy) is 1. The first-order valence-electron chi connectivity index (χ1n) is 6.30. The molecule has 1 aromatic carbocycles. The number of aliphatic hydroxyl groups excluding tert-OH is 1. The summed E-state index contributed by atoms with van der Waals surface area (Å²) in [6.45, 7) is 4.04. The second kappa shape index (κ2) is 7.88. The molecule has 0 heterocycles. The Morgan fingerprint density at radius 1 is 1.47 bits per heavy atom. The lowest BCUT2D eigenvalue weighted by Gasteiger charge is -2.21. The summed E-state index contributed by atoms with van der Waals surface area (Å²) < 4.78 is 5.72. The predicted octanol–water partition coefficient (Wildman–Crippen LogP) is 4.12. The van der Waals surface area contributed by atoms with Gasteiger partial charge >= 0.3 is 5.97 Å². The van der Waals surface area contributed by atoms with Crippen LogP contribution in [0.15, 0.2) is 22.7 Å². The smallest absolute Gasteiger partial charge is 0.311 e. The van der Waals surface area contributed by atoms with Gasteiger partial charge in [-0.25, -0.2) is 0 Å². The van der Waals surface area contributed by atoms with Gasteiger partial charge in [0.15, 0.2) is 0 Å². The molecule has 0 bridgehead atoms. The number of rotatable bonds is 6. The SMILES string of the molecule is CCCC(C(=O)OCC)C(O)c1ccc(Cl)c(Br)c1. The third-order valence-electron chi connectivity index (χ3n) is 2.86. The van der Waals surface area contributed by atoms with Crippen molar-refractivity contribution >= 4 is 33.5 Å². The molecule has 0 aliphatic heterocycles. The van der Waals surface area contributed by atoms with Crippen molar-refractivity contribution in [1.29, 1.82) is 0 Å². The van der Waals surface area contributed by atoms with Gasteiger partial charge in [-0.05, 0) is 47.0 Å². The summed E-state index contributed by atoms with van der Waals surface area (Å²) in [6, 6.07) is 5.15. The fraction of sp³-hybridized carbons (Fsp3) is 0.500. The molecule has 1 N–H and O–H groups in total. The van der Waals surface area contributed by atoms with Crippen LogP contribution in [0.2, 0.25) is 5.02 Å². The molecule has 106 valence electrons. The molecule has 2 atom stereocenters. The molecule has 0 aromatic heterocycles. The van der Waals surface area contributed by atoms with E-state index in [-0.39, 0.29) is 5.97 Å². The fourth-order valence-electron chi connectivity index (χ4n) is 1.89. The standard InChI is InChI=1S/C14H18BrClO3/c1-3-5-10(14(18)19-4-2)13(17)9-6-7-12(16)11(15)8-9/h6-8,10,13,17H,3-5H2,1-2H3. The Hall–Kier alpha value is -0.580. The Balaban J connectivity index is 2.94. The molecule has 1 aromatic rings. The van der Waals surface area contributed by atoms with Gasteiger partial charge in [0.1, 0.15) is 0 Å². The van der Waals surface area contributed by atoms with Gasteiger partial charge in [-0.3, -0.25) is 4.79 Å². The van der Waals surface area contributed by atoms with E-state index in [1.165, 1.54) is 0 Å². The van der Waals surface area contributed by atoms with Crippen LogP contribution in [-0.2, 0) is 9.53 Å². The quantitative estimate of drug-likeness (QED) is 0.786. The summed E-state index contributed by atoms with van der Waals surface area (Å²) in [5.41, 5.74) is 0.655. The fourth-order valence-corrected chi connectivity index (χ4v) is 2.41. The molecule has 5 heteroatoms. The minimum absolute atomic E-state index is 0.316. The second-order valence-corrected chi connectivity index (χ2v) is 5.53. The topological polar surface area (TPSA) is 46.5 Å². The highest BCUT2D eigenvalue weighted by atomic mass is 79.9. The Morgan fingerprint density at radius 3 is 2.68 bits per heavy atom. The molecule has 0 saturated carbocycles. The second-order valence-electron chi connectivity index (χ2n) is 4.27.